The zero-order chi connectivity index (χ0) is 30.3. The van der Waals surface area contributed by atoms with Crippen LogP contribution in [0.2, 0.25) is 5.02 Å². The Labute approximate surface area is 252 Å². The number of halogens is 2. The van der Waals surface area contributed by atoms with Gasteiger partial charge >= 0.3 is 5.97 Å². The molecule has 0 radical (unpaired) electrons. The predicted octanol–water partition coefficient (Wildman–Crippen LogP) is 4.91. The van der Waals surface area contributed by atoms with Crippen LogP contribution in [0.3, 0.4) is 0 Å². The molecule has 0 aromatic heterocycles. The van der Waals surface area contributed by atoms with Crippen LogP contribution in [-0.4, -0.2) is 43.5 Å². The monoisotopic (exact) mass is 655 g/mol. The number of rotatable bonds is 7. The molecule has 2 aliphatic heterocycles. The maximum atomic E-state index is 12.8. The van der Waals surface area contributed by atoms with Gasteiger partial charge in [-0.15, -0.1) is 0 Å². The van der Waals surface area contributed by atoms with Crippen LogP contribution in [0.25, 0.3) is 0 Å². The normalized spacial score (nSPS) is 12.8. The first-order valence-electron chi connectivity index (χ1n) is 12.1. The number of nitrogens with one attached hydrogen (secondary N) is 1. The summed E-state index contributed by atoms with van der Waals surface area (Å²) in [5, 5.41) is 0.426. The molecule has 2 aliphatic rings. The fourth-order valence-corrected chi connectivity index (χ4v) is 5.60. The third-order valence-corrected chi connectivity index (χ3v) is 8.59. The molecule has 15 heteroatoms. The van der Waals surface area contributed by atoms with Crippen LogP contribution in [-0.2, 0) is 28.6 Å². The fourth-order valence-electron chi connectivity index (χ4n) is 3.57. The molecule has 42 heavy (non-hydrogen) atoms. The molecule has 11 nitrogen and oxygen atoms in total. The van der Waals surface area contributed by atoms with Crippen LogP contribution in [0.5, 0.6) is 23.0 Å². The van der Waals surface area contributed by atoms with Gasteiger partial charge in [-0.2, -0.15) is 0 Å². The zero-order valence-electron chi connectivity index (χ0n) is 21.9. The van der Waals surface area contributed by atoms with Crippen molar-refractivity contribution in [3.8, 4) is 34.8 Å². The van der Waals surface area contributed by atoms with Crippen molar-refractivity contribution in [3.63, 3.8) is 0 Å². The van der Waals surface area contributed by atoms with Gasteiger partial charge in [-0.3, -0.25) is 9.52 Å². The molecule has 0 spiro atoms. The third-order valence-electron chi connectivity index (χ3n) is 5.64. The Balaban J connectivity index is 0.000000258. The maximum Gasteiger partial charge on any atom is 0.305 e. The third kappa shape index (κ3) is 8.13. The summed E-state index contributed by atoms with van der Waals surface area (Å²) in [6, 6.07) is 13.3. The highest BCUT2D eigenvalue weighted by Gasteiger charge is 2.21. The van der Waals surface area contributed by atoms with E-state index < -0.39 is 19.1 Å². The Bertz CT molecular complexity index is 1770. The minimum absolute atomic E-state index is 0.0124. The molecule has 3 aromatic carbocycles. The summed E-state index contributed by atoms with van der Waals surface area (Å²) in [5.41, 5.74) is 0.729. The van der Waals surface area contributed by atoms with Crippen molar-refractivity contribution in [2.24, 2.45) is 0 Å². The summed E-state index contributed by atoms with van der Waals surface area (Å²) >= 11 is 6.03. The van der Waals surface area contributed by atoms with Gasteiger partial charge in [0.25, 0.3) is 19.1 Å². The van der Waals surface area contributed by atoms with E-state index >= 15 is 0 Å². The molecule has 0 fully saturated rings. The van der Waals surface area contributed by atoms with Gasteiger partial charge in [0.05, 0.1) is 28.2 Å². The van der Waals surface area contributed by atoms with Gasteiger partial charge in [0.2, 0.25) is 13.6 Å². The quantitative estimate of drug-likeness (QED) is 0.161. The lowest BCUT2D eigenvalue weighted by Gasteiger charge is -2.11. The Kier molecular flexibility index (Phi) is 9.95. The number of methoxy groups -OCH3 is 1. The van der Waals surface area contributed by atoms with Gasteiger partial charge in [0.1, 0.15) is 0 Å². The number of hydrogen-bond donors (Lipinski definition) is 1. The summed E-state index contributed by atoms with van der Waals surface area (Å²) in [5.74, 6) is 7.32. The lowest BCUT2D eigenvalue weighted by atomic mass is 10.1. The Morgan fingerprint density at radius 3 is 2.10 bits per heavy atom. The molecule has 0 saturated carbocycles. The highest BCUT2D eigenvalue weighted by atomic mass is 35.7. The minimum atomic E-state index is -3.88. The summed E-state index contributed by atoms with van der Waals surface area (Å²) in [7, 11) is -1.10. The van der Waals surface area contributed by atoms with E-state index in [-0.39, 0.29) is 35.8 Å². The second-order valence-corrected chi connectivity index (χ2v) is 13.2. The van der Waals surface area contributed by atoms with Crippen LogP contribution in [0.1, 0.15) is 24.8 Å². The molecular weight excluding hydrogens is 633 g/mol. The number of benzene rings is 3. The highest BCUT2D eigenvalue weighted by molar-refractivity contribution is 8.13. The zero-order valence-corrected chi connectivity index (χ0v) is 25.0. The van der Waals surface area contributed by atoms with Gasteiger partial charge in [-0.05, 0) is 48.9 Å². The summed E-state index contributed by atoms with van der Waals surface area (Å²) in [4.78, 5) is 11.2. The van der Waals surface area contributed by atoms with Crippen LogP contribution in [0, 0.1) is 11.8 Å². The summed E-state index contributed by atoms with van der Waals surface area (Å²) in [6.45, 7) is 0.167. The molecule has 0 amide bonds. The molecule has 5 rings (SSSR count). The molecule has 3 aromatic rings. The van der Waals surface area contributed by atoms with E-state index in [2.05, 4.69) is 21.3 Å². The van der Waals surface area contributed by atoms with E-state index in [4.69, 9.17) is 41.2 Å². The SMILES string of the molecule is COC(=O)CCCC#Cc1cc(Cl)ccc1NS(=O)(=O)c1ccc2c(c1)OCO2.O=S(=O)(Cl)c1ccc2c(c1)OCO2. The first-order valence-corrected chi connectivity index (χ1v) is 16.3. The number of hydrogen-bond acceptors (Lipinski definition) is 10. The molecular formula is C27H23Cl2NO10S2. The van der Waals surface area contributed by atoms with Crippen molar-refractivity contribution in [1.82, 2.24) is 0 Å². The topological polar surface area (TPSA) is 144 Å². The molecule has 0 unspecified atom stereocenters. The lowest BCUT2D eigenvalue weighted by Crippen LogP contribution is -2.13. The highest BCUT2D eigenvalue weighted by Crippen LogP contribution is 2.35. The largest absolute Gasteiger partial charge is 0.469 e. The number of sulfonamides is 1. The predicted molar refractivity (Wildman–Crippen MR) is 153 cm³/mol. The molecule has 0 aliphatic carbocycles. The number of anilines is 1. The number of unbranched alkanes of at least 4 members (excludes halogenated alkanes) is 1. The first-order chi connectivity index (χ1) is 20.0. The first kappa shape index (κ1) is 31.1. The van der Waals surface area contributed by atoms with Crippen LogP contribution < -0.4 is 23.7 Å². The van der Waals surface area contributed by atoms with E-state index in [1.165, 1.54) is 37.4 Å². The molecule has 222 valence electrons. The lowest BCUT2D eigenvalue weighted by molar-refractivity contribution is -0.140. The Morgan fingerprint density at radius 2 is 1.48 bits per heavy atom. The number of carbonyl (C=O) groups is 1. The molecule has 0 saturated heterocycles. The van der Waals surface area contributed by atoms with E-state index in [1.807, 2.05) is 0 Å². The number of fused-ring (bicyclic) bond motifs is 2. The standard InChI is InChI=1S/C20H18ClNO6S.C7H5ClO4S/c1-26-20(23)6-4-2-3-5-14-11-15(21)7-9-17(14)22-29(24,25)16-8-10-18-19(12-16)28-13-27-18;8-13(9,10)5-1-2-6-7(3-5)12-4-11-6/h7-12,22H,2,4,6,13H2,1H3;1-3H,4H2. The number of carbonyl (C=O) groups excluding carboxylic acids is 1. The number of ether oxygens (including phenoxy) is 5. The van der Waals surface area contributed by atoms with Gasteiger partial charge in [-0.25, -0.2) is 16.8 Å². The van der Waals surface area contributed by atoms with E-state index in [0.717, 1.165) is 0 Å². The Hall–Kier alpha value is -3.83. The van der Waals surface area contributed by atoms with Crippen LogP contribution >= 0.6 is 22.3 Å². The fraction of sp³-hybridized carbons (Fsp3) is 0.222. The van der Waals surface area contributed by atoms with E-state index in [1.54, 1.807) is 24.3 Å². The van der Waals surface area contributed by atoms with Crippen molar-refractivity contribution in [2.45, 2.75) is 29.1 Å². The minimum Gasteiger partial charge on any atom is -0.469 e. The van der Waals surface area contributed by atoms with Crippen molar-refractivity contribution >= 4 is 53.0 Å². The van der Waals surface area contributed by atoms with Crippen LogP contribution in [0.4, 0.5) is 5.69 Å². The second-order valence-electron chi connectivity index (χ2n) is 8.49. The van der Waals surface area contributed by atoms with Crippen molar-refractivity contribution in [1.29, 1.82) is 0 Å². The average molecular weight is 657 g/mol. The maximum absolute atomic E-state index is 12.8. The summed E-state index contributed by atoms with van der Waals surface area (Å²) < 4.78 is 74.9. The van der Waals surface area contributed by atoms with Gasteiger partial charge in [0, 0.05) is 40.7 Å². The van der Waals surface area contributed by atoms with Crippen molar-refractivity contribution in [2.75, 3.05) is 25.4 Å². The molecule has 2 heterocycles. The smallest absolute Gasteiger partial charge is 0.305 e. The van der Waals surface area contributed by atoms with E-state index in [0.29, 0.717) is 52.1 Å². The molecule has 0 bridgehead atoms. The number of esters is 1. The van der Waals surface area contributed by atoms with Gasteiger partial charge in [0.15, 0.2) is 23.0 Å². The summed E-state index contributed by atoms with van der Waals surface area (Å²) in [6.07, 6.45) is 1.26. The molecule has 0 atom stereocenters. The second kappa shape index (κ2) is 13.4. The van der Waals surface area contributed by atoms with Crippen molar-refractivity contribution < 1.29 is 45.3 Å². The van der Waals surface area contributed by atoms with Gasteiger partial charge in [-0.1, -0.05) is 23.4 Å². The van der Waals surface area contributed by atoms with Crippen LogP contribution in [0.15, 0.2) is 64.4 Å². The Morgan fingerprint density at radius 1 is 0.881 bits per heavy atom. The van der Waals surface area contributed by atoms with Gasteiger partial charge < -0.3 is 23.7 Å². The molecule has 1 N–H and O–H groups in total. The average Bonchev–Trinajstić information content (AvgIpc) is 3.62. The van der Waals surface area contributed by atoms with Crippen molar-refractivity contribution in [3.05, 3.63) is 65.2 Å². The van der Waals surface area contributed by atoms with E-state index in [9.17, 15) is 21.6 Å².